The molecular formula is C17H21ClN4O. The van der Waals surface area contributed by atoms with Gasteiger partial charge in [-0.15, -0.1) is 12.4 Å². The third-order valence-corrected chi connectivity index (χ3v) is 3.92. The minimum atomic E-state index is 0. The number of hydrogen-bond acceptors (Lipinski definition) is 4. The first kappa shape index (κ1) is 17.2. The van der Waals surface area contributed by atoms with E-state index in [0.717, 1.165) is 32.7 Å². The van der Waals surface area contributed by atoms with Crippen LogP contribution in [0.3, 0.4) is 0 Å². The zero-order valence-electron chi connectivity index (χ0n) is 12.9. The van der Waals surface area contributed by atoms with E-state index >= 15 is 0 Å². The number of rotatable bonds is 3. The van der Waals surface area contributed by atoms with Crippen molar-refractivity contribution in [1.29, 1.82) is 0 Å². The van der Waals surface area contributed by atoms with Gasteiger partial charge >= 0.3 is 0 Å². The summed E-state index contributed by atoms with van der Waals surface area (Å²) < 4.78 is 0. The van der Waals surface area contributed by atoms with Gasteiger partial charge in [-0.2, -0.15) is 0 Å². The maximum absolute atomic E-state index is 12.5. The van der Waals surface area contributed by atoms with Crippen LogP contribution in [0.4, 0.5) is 5.69 Å². The third-order valence-electron chi connectivity index (χ3n) is 3.92. The zero-order chi connectivity index (χ0) is 15.4. The van der Waals surface area contributed by atoms with Gasteiger partial charge in [-0.05, 0) is 29.8 Å². The number of amides is 1. The second-order valence-corrected chi connectivity index (χ2v) is 5.56. The highest BCUT2D eigenvalue weighted by Gasteiger charge is 2.22. The van der Waals surface area contributed by atoms with Crippen molar-refractivity contribution in [1.82, 2.24) is 14.8 Å². The Morgan fingerprint density at radius 1 is 1.13 bits per heavy atom. The molecule has 6 heteroatoms. The minimum absolute atomic E-state index is 0. The van der Waals surface area contributed by atoms with Crippen molar-refractivity contribution in [3.8, 4) is 0 Å². The van der Waals surface area contributed by atoms with Crippen LogP contribution in [0.2, 0.25) is 0 Å². The van der Waals surface area contributed by atoms with Crippen molar-refractivity contribution < 1.29 is 4.79 Å². The molecule has 23 heavy (non-hydrogen) atoms. The van der Waals surface area contributed by atoms with Crippen LogP contribution in [0.1, 0.15) is 15.9 Å². The predicted octanol–water partition coefficient (Wildman–Crippen LogP) is 2.04. The second kappa shape index (κ2) is 7.94. The Balaban J connectivity index is 0.00000192. The first-order valence-corrected chi connectivity index (χ1v) is 7.48. The van der Waals surface area contributed by atoms with Gasteiger partial charge in [0.05, 0.1) is 0 Å². The van der Waals surface area contributed by atoms with Crippen LogP contribution < -0.4 is 5.73 Å². The SMILES string of the molecule is Cl.Nc1cccc(C(=O)N2CCN(Cc3cccnc3)CC2)c1. The molecule has 3 rings (SSSR count). The summed E-state index contributed by atoms with van der Waals surface area (Å²) in [5, 5.41) is 0. The zero-order valence-corrected chi connectivity index (χ0v) is 13.7. The number of halogens is 1. The van der Waals surface area contributed by atoms with Crippen LogP contribution >= 0.6 is 12.4 Å². The van der Waals surface area contributed by atoms with Gasteiger partial charge in [0.2, 0.25) is 0 Å². The molecule has 0 spiro atoms. The first-order chi connectivity index (χ1) is 10.7. The van der Waals surface area contributed by atoms with E-state index in [1.54, 1.807) is 18.3 Å². The Morgan fingerprint density at radius 3 is 2.57 bits per heavy atom. The Bertz CT molecular complexity index is 642. The fourth-order valence-electron chi connectivity index (χ4n) is 2.71. The van der Waals surface area contributed by atoms with E-state index in [1.807, 2.05) is 29.3 Å². The first-order valence-electron chi connectivity index (χ1n) is 7.48. The number of nitrogens with zero attached hydrogens (tertiary/aromatic N) is 3. The summed E-state index contributed by atoms with van der Waals surface area (Å²) in [6, 6.07) is 11.2. The summed E-state index contributed by atoms with van der Waals surface area (Å²) >= 11 is 0. The Labute approximate surface area is 142 Å². The van der Waals surface area contributed by atoms with Crippen molar-refractivity contribution in [3.05, 3.63) is 59.9 Å². The predicted molar refractivity (Wildman–Crippen MR) is 93.5 cm³/mol. The number of carbonyl (C=O) groups excluding carboxylic acids is 1. The van der Waals surface area contributed by atoms with Gasteiger partial charge in [0.25, 0.3) is 5.91 Å². The molecule has 0 bridgehead atoms. The van der Waals surface area contributed by atoms with Gasteiger partial charge in [0, 0.05) is 56.4 Å². The average Bonchev–Trinajstić information content (AvgIpc) is 2.56. The second-order valence-electron chi connectivity index (χ2n) is 5.56. The lowest BCUT2D eigenvalue weighted by Crippen LogP contribution is -2.48. The van der Waals surface area contributed by atoms with Crippen molar-refractivity contribution in [2.24, 2.45) is 0 Å². The van der Waals surface area contributed by atoms with E-state index in [4.69, 9.17) is 5.73 Å². The van der Waals surface area contributed by atoms with E-state index in [1.165, 1.54) is 5.56 Å². The number of benzene rings is 1. The number of piperazine rings is 1. The molecule has 1 saturated heterocycles. The molecule has 5 nitrogen and oxygen atoms in total. The van der Waals surface area contributed by atoms with Crippen LogP contribution in [-0.4, -0.2) is 46.9 Å². The van der Waals surface area contributed by atoms with E-state index < -0.39 is 0 Å². The fraction of sp³-hybridized carbons (Fsp3) is 0.294. The van der Waals surface area contributed by atoms with Crippen molar-refractivity contribution in [2.75, 3.05) is 31.9 Å². The highest BCUT2D eigenvalue weighted by Crippen LogP contribution is 2.13. The van der Waals surface area contributed by atoms with E-state index in [-0.39, 0.29) is 18.3 Å². The molecule has 1 amide bonds. The molecule has 1 aliphatic rings. The summed E-state index contributed by atoms with van der Waals surface area (Å²) in [7, 11) is 0. The summed E-state index contributed by atoms with van der Waals surface area (Å²) in [5.41, 5.74) is 8.25. The Hall–Kier alpha value is -2.11. The van der Waals surface area contributed by atoms with Crippen LogP contribution in [0, 0.1) is 0 Å². The summed E-state index contributed by atoms with van der Waals surface area (Å²) in [6.07, 6.45) is 3.68. The summed E-state index contributed by atoms with van der Waals surface area (Å²) in [5.74, 6) is 0.0633. The molecule has 2 heterocycles. The normalized spacial score (nSPS) is 15.0. The van der Waals surface area contributed by atoms with E-state index in [0.29, 0.717) is 11.3 Å². The smallest absolute Gasteiger partial charge is 0.254 e. The van der Waals surface area contributed by atoms with Gasteiger partial charge in [0.15, 0.2) is 0 Å². The Kier molecular flexibility index (Phi) is 5.96. The highest BCUT2D eigenvalue weighted by atomic mass is 35.5. The molecule has 0 aliphatic carbocycles. The van der Waals surface area contributed by atoms with Crippen LogP contribution in [0.25, 0.3) is 0 Å². The summed E-state index contributed by atoms with van der Waals surface area (Å²) in [6.45, 7) is 4.13. The maximum atomic E-state index is 12.5. The lowest BCUT2D eigenvalue weighted by molar-refractivity contribution is 0.0628. The monoisotopic (exact) mass is 332 g/mol. The molecular weight excluding hydrogens is 312 g/mol. The Morgan fingerprint density at radius 2 is 1.91 bits per heavy atom. The number of nitrogen functional groups attached to an aromatic ring is 1. The number of nitrogens with two attached hydrogens (primary N) is 1. The number of aromatic nitrogens is 1. The van der Waals surface area contributed by atoms with E-state index in [9.17, 15) is 4.79 Å². The molecule has 0 radical (unpaired) electrons. The molecule has 0 atom stereocenters. The standard InChI is InChI=1S/C17H20N4O.ClH/c18-16-5-1-4-15(11-16)17(22)21-9-7-20(8-10-21)13-14-3-2-6-19-12-14;/h1-6,11-12H,7-10,13,18H2;1H. The molecule has 1 aliphatic heterocycles. The number of anilines is 1. The molecule has 1 aromatic carbocycles. The molecule has 0 unspecified atom stereocenters. The molecule has 1 aromatic heterocycles. The fourth-order valence-corrected chi connectivity index (χ4v) is 2.71. The molecule has 122 valence electrons. The van der Waals surface area contributed by atoms with Gasteiger partial charge in [-0.1, -0.05) is 12.1 Å². The lowest BCUT2D eigenvalue weighted by Gasteiger charge is -2.34. The molecule has 0 saturated carbocycles. The van der Waals surface area contributed by atoms with Crippen LogP contribution in [0.15, 0.2) is 48.8 Å². The number of carbonyl (C=O) groups is 1. The topological polar surface area (TPSA) is 62.5 Å². The third kappa shape index (κ3) is 4.43. The van der Waals surface area contributed by atoms with Crippen molar-refractivity contribution in [2.45, 2.75) is 6.54 Å². The summed E-state index contributed by atoms with van der Waals surface area (Å²) in [4.78, 5) is 20.8. The molecule has 2 aromatic rings. The number of hydrogen-bond donors (Lipinski definition) is 1. The average molecular weight is 333 g/mol. The van der Waals surface area contributed by atoms with Crippen LogP contribution in [-0.2, 0) is 6.54 Å². The largest absolute Gasteiger partial charge is 0.399 e. The van der Waals surface area contributed by atoms with Gasteiger partial charge in [0.1, 0.15) is 0 Å². The minimum Gasteiger partial charge on any atom is -0.399 e. The van der Waals surface area contributed by atoms with Gasteiger partial charge < -0.3 is 10.6 Å². The number of pyridine rings is 1. The van der Waals surface area contributed by atoms with Crippen LogP contribution in [0.5, 0.6) is 0 Å². The van der Waals surface area contributed by atoms with Gasteiger partial charge in [-0.25, -0.2) is 0 Å². The van der Waals surface area contributed by atoms with E-state index in [2.05, 4.69) is 16.0 Å². The van der Waals surface area contributed by atoms with Gasteiger partial charge in [-0.3, -0.25) is 14.7 Å². The van der Waals surface area contributed by atoms with Crippen molar-refractivity contribution >= 4 is 24.0 Å². The molecule has 1 fully saturated rings. The lowest BCUT2D eigenvalue weighted by atomic mass is 10.1. The maximum Gasteiger partial charge on any atom is 0.254 e. The van der Waals surface area contributed by atoms with Crippen molar-refractivity contribution in [3.63, 3.8) is 0 Å². The quantitative estimate of drug-likeness (QED) is 0.874. The highest BCUT2D eigenvalue weighted by molar-refractivity contribution is 5.95. The molecule has 2 N–H and O–H groups in total.